The van der Waals surface area contributed by atoms with Gasteiger partial charge < -0.3 is 15.8 Å². The Balaban J connectivity index is 2.03. The summed E-state index contributed by atoms with van der Waals surface area (Å²) in [6, 6.07) is 6.17. The van der Waals surface area contributed by atoms with Crippen molar-refractivity contribution in [2.24, 2.45) is 11.7 Å². The molecule has 112 valence electrons. The minimum Gasteiger partial charge on any atom is -0.406 e. The molecular weight excluding hydrogens is 269 g/mol. The minimum absolute atomic E-state index is 0.206. The van der Waals surface area contributed by atoms with Crippen molar-refractivity contribution < 1.29 is 17.9 Å². The van der Waals surface area contributed by atoms with Crippen LogP contribution in [-0.2, 0) is 0 Å². The summed E-state index contributed by atoms with van der Waals surface area (Å²) in [5, 5.41) is 3.28. The third kappa shape index (κ3) is 4.30. The van der Waals surface area contributed by atoms with E-state index in [-0.39, 0.29) is 11.8 Å². The highest BCUT2D eigenvalue weighted by Gasteiger charge is 2.31. The van der Waals surface area contributed by atoms with Crippen molar-refractivity contribution >= 4 is 5.69 Å². The van der Waals surface area contributed by atoms with Gasteiger partial charge in [0.25, 0.3) is 0 Å². The van der Waals surface area contributed by atoms with Gasteiger partial charge in [-0.2, -0.15) is 0 Å². The first-order chi connectivity index (χ1) is 9.48. The molecule has 1 aliphatic rings. The Labute approximate surface area is 116 Å². The Morgan fingerprint density at radius 1 is 1.25 bits per heavy atom. The number of benzene rings is 1. The second-order valence-corrected chi connectivity index (χ2v) is 5.11. The average molecular weight is 288 g/mol. The summed E-state index contributed by atoms with van der Waals surface area (Å²) in [5.41, 5.74) is 6.38. The lowest BCUT2D eigenvalue weighted by Crippen LogP contribution is -2.36. The van der Waals surface area contributed by atoms with E-state index in [1.54, 1.807) is 12.1 Å². The van der Waals surface area contributed by atoms with Crippen LogP contribution < -0.4 is 15.8 Å². The number of nitrogens with two attached hydrogens (primary N) is 1. The van der Waals surface area contributed by atoms with Gasteiger partial charge in [-0.1, -0.05) is 18.9 Å². The van der Waals surface area contributed by atoms with Crippen LogP contribution in [0, 0.1) is 5.92 Å². The van der Waals surface area contributed by atoms with Gasteiger partial charge in [0.05, 0.1) is 0 Å². The maximum absolute atomic E-state index is 12.2. The van der Waals surface area contributed by atoms with Crippen LogP contribution in [0.1, 0.15) is 25.7 Å². The highest BCUT2D eigenvalue weighted by atomic mass is 19.4. The molecule has 2 rings (SSSR count). The molecule has 0 aromatic heterocycles. The van der Waals surface area contributed by atoms with Crippen molar-refractivity contribution in [1.29, 1.82) is 0 Å². The van der Waals surface area contributed by atoms with Crippen molar-refractivity contribution in [2.45, 2.75) is 38.1 Å². The molecule has 1 saturated carbocycles. The molecule has 3 nitrogen and oxygen atoms in total. The first-order valence-electron chi connectivity index (χ1n) is 6.80. The van der Waals surface area contributed by atoms with E-state index in [2.05, 4.69) is 10.1 Å². The normalized spacial score (nSPS) is 23.4. The van der Waals surface area contributed by atoms with E-state index < -0.39 is 6.36 Å². The second-order valence-electron chi connectivity index (χ2n) is 5.11. The van der Waals surface area contributed by atoms with Crippen LogP contribution in [0.15, 0.2) is 24.3 Å². The van der Waals surface area contributed by atoms with E-state index in [0.29, 0.717) is 18.2 Å². The minimum atomic E-state index is -4.66. The third-order valence-corrected chi connectivity index (χ3v) is 3.63. The van der Waals surface area contributed by atoms with E-state index in [4.69, 9.17) is 5.73 Å². The Morgan fingerprint density at radius 2 is 2.00 bits per heavy atom. The fourth-order valence-electron chi connectivity index (χ4n) is 2.68. The molecule has 0 heterocycles. The molecule has 0 saturated heterocycles. The predicted molar refractivity (Wildman–Crippen MR) is 71.5 cm³/mol. The molecule has 2 atom stereocenters. The molecule has 1 aromatic rings. The topological polar surface area (TPSA) is 47.3 Å². The predicted octanol–water partition coefficient (Wildman–Crippen LogP) is 3.51. The van der Waals surface area contributed by atoms with Crippen LogP contribution in [-0.4, -0.2) is 18.9 Å². The van der Waals surface area contributed by atoms with E-state index in [0.717, 1.165) is 25.7 Å². The van der Waals surface area contributed by atoms with E-state index in [9.17, 15) is 13.2 Å². The number of hydrogen-bond donors (Lipinski definition) is 2. The molecule has 0 amide bonds. The number of halogens is 3. The molecule has 0 bridgehead atoms. The van der Waals surface area contributed by atoms with Gasteiger partial charge >= 0.3 is 6.36 Å². The Bertz CT molecular complexity index is 437. The maximum Gasteiger partial charge on any atom is 0.573 e. The van der Waals surface area contributed by atoms with Crippen molar-refractivity contribution in [3.63, 3.8) is 0 Å². The van der Waals surface area contributed by atoms with Crippen LogP contribution in [0.4, 0.5) is 18.9 Å². The number of rotatable bonds is 4. The molecule has 1 fully saturated rings. The Hall–Kier alpha value is -1.43. The number of ether oxygens (including phenoxy) is 1. The third-order valence-electron chi connectivity index (χ3n) is 3.63. The van der Waals surface area contributed by atoms with E-state index in [1.807, 2.05) is 0 Å². The van der Waals surface area contributed by atoms with Gasteiger partial charge in [0.2, 0.25) is 0 Å². The molecule has 1 aliphatic carbocycles. The summed E-state index contributed by atoms with van der Waals surface area (Å²) in [6.07, 6.45) is -0.327. The molecule has 0 radical (unpaired) electrons. The summed E-state index contributed by atoms with van der Waals surface area (Å²) >= 11 is 0. The molecule has 20 heavy (non-hydrogen) atoms. The van der Waals surface area contributed by atoms with Crippen LogP contribution in [0.5, 0.6) is 5.75 Å². The van der Waals surface area contributed by atoms with Crippen molar-refractivity contribution in [3.8, 4) is 5.75 Å². The van der Waals surface area contributed by atoms with Crippen molar-refractivity contribution in [1.82, 2.24) is 0 Å². The highest BCUT2D eigenvalue weighted by Crippen LogP contribution is 2.29. The summed E-state index contributed by atoms with van der Waals surface area (Å²) in [6.45, 7) is 0.594. The average Bonchev–Trinajstić information content (AvgIpc) is 2.38. The summed E-state index contributed by atoms with van der Waals surface area (Å²) in [7, 11) is 0. The van der Waals surface area contributed by atoms with Gasteiger partial charge in [-0.15, -0.1) is 13.2 Å². The van der Waals surface area contributed by atoms with Crippen LogP contribution in [0.25, 0.3) is 0 Å². The van der Waals surface area contributed by atoms with Crippen molar-refractivity contribution in [2.75, 3.05) is 11.9 Å². The summed E-state index contributed by atoms with van der Waals surface area (Å²) < 4.78 is 40.5. The number of hydrogen-bond acceptors (Lipinski definition) is 3. The standard InChI is InChI=1S/C14H19F3N2O/c15-14(16,17)20-12-6-3-5-11(8-12)19-13-7-2-1-4-10(13)9-18/h3,5-6,8,10,13,19H,1-2,4,7,9,18H2. The van der Waals surface area contributed by atoms with Gasteiger partial charge in [0.1, 0.15) is 5.75 Å². The van der Waals surface area contributed by atoms with Gasteiger partial charge in [-0.3, -0.25) is 0 Å². The zero-order valence-electron chi connectivity index (χ0n) is 11.1. The van der Waals surface area contributed by atoms with Gasteiger partial charge in [0.15, 0.2) is 0 Å². The molecule has 0 spiro atoms. The van der Waals surface area contributed by atoms with Crippen LogP contribution >= 0.6 is 0 Å². The lowest BCUT2D eigenvalue weighted by atomic mass is 9.84. The largest absolute Gasteiger partial charge is 0.573 e. The summed E-state index contributed by atoms with van der Waals surface area (Å²) in [5.74, 6) is 0.165. The Kier molecular flexibility index (Phi) is 4.75. The van der Waals surface area contributed by atoms with Gasteiger partial charge in [0, 0.05) is 17.8 Å². The maximum atomic E-state index is 12.2. The second kappa shape index (κ2) is 6.35. The molecule has 0 aliphatic heterocycles. The van der Waals surface area contributed by atoms with E-state index >= 15 is 0 Å². The molecule has 6 heteroatoms. The summed E-state index contributed by atoms with van der Waals surface area (Å²) in [4.78, 5) is 0. The number of nitrogens with one attached hydrogen (secondary N) is 1. The monoisotopic (exact) mass is 288 g/mol. The van der Waals surface area contributed by atoms with Gasteiger partial charge in [-0.05, 0) is 37.4 Å². The number of anilines is 1. The quantitative estimate of drug-likeness (QED) is 0.891. The smallest absolute Gasteiger partial charge is 0.406 e. The molecule has 2 unspecified atom stereocenters. The highest BCUT2D eigenvalue weighted by molar-refractivity contribution is 5.49. The first-order valence-corrected chi connectivity index (χ1v) is 6.80. The van der Waals surface area contributed by atoms with Crippen molar-refractivity contribution in [3.05, 3.63) is 24.3 Å². The zero-order valence-corrected chi connectivity index (χ0v) is 11.1. The van der Waals surface area contributed by atoms with E-state index in [1.165, 1.54) is 12.1 Å². The number of alkyl halides is 3. The van der Waals surface area contributed by atoms with Crippen LogP contribution in [0.2, 0.25) is 0 Å². The molecule has 1 aromatic carbocycles. The van der Waals surface area contributed by atoms with Gasteiger partial charge in [-0.25, -0.2) is 0 Å². The lowest BCUT2D eigenvalue weighted by molar-refractivity contribution is -0.274. The fourth-order valence-corrected chi connectivity index (χ4v) is 2.68. The molecular formula is C14H19F3N2O. The molecule has 3 N–H and O–H groups in total. The SMILES string of the molecule is NCC1CCCCC1Nc1cccc(OC(F)(F)F)c1. The Morgan fingerprint density at radius 3 is 2.70 bits per heavy atom. The first kappa shape index (κ1) is 15.0. The fraction of sp³-hybridized carbons (Fsp3) is 0.571. The zero-order chi connectivity index (χ0) is 14.6. The lowest BCUT2D eigenvalue weighted by Gasteiger charge is -2.32. The van der Waals surface area contributed by atoms with Crippen LogP contribution in [0.3, 0.4) is 0 Å².